The monoisotopic (exact) mass is 409 g/mol. The van der Waals surface area contributed by atoms with Gasteiger partial charge in [0.2, 0.25) is 0 Å². The summed E-state index contributed by atoms with van der Waals surface area (Å²) in [5, 5.41) is 7.15. The molecule has 2 amide bonds. The second-order valence-electron chi connectivity index (χ2n) is 7.25. The van der Waals surface area contributed by atoms with Crippen molar-refractivity contribution in [3.8, 4) is 16.5 Å². The van der Waals surface area contributed by atoms with Gasteiger partial charge in [-0.15, -0.1) is 11.3 Å². The minimum absolute atomic E-state index is 0.226. The minimum Gasteiger partial charge on any atom is -0.486 e. The number of urea groups is 1. The van der Waals surface area contributed by atoms with E-state index in [2.05, 4.69) is 27.6 Å². The quantitative estimate of drug-likeness (QED) is 0.666. The molecule has 0 saturated carbocycles. The minimum atomic E-state index is -0.226. The lowest BCUT2D eigenvalue weighted by molar-refractivity contribution is 0.171. The predicted octanol–water partition coefficient (Wildman–Crippen LogP) is 4.51. The summed E-state index contributed by atoms with van der Waals surface area (Å²) in [5.74, 6) is 1.37. The van der Waals surface area contributed by atoms with Crippen molar-refractivity contribution in [2.45, 2.75) is 32.2 Å². The maximum Gasteiger partial charge on any atom is 0.319 e. The van der Waals surface area contributed by atoms with E-state index >= 15 is 0 Å². The number of hydrogen-bond acceptors (Lipinski definition) is 4. The molecule has 0 saturated heterocycles. The molecule has 0 atom stereocenters. The highest BCUT2D eigenvalue weighted by Crippen LogP contribution is 2.37. The van der Waals surface area contributed by atoms with Crippen molar-refractivity contribution in [1.29, 1.82) is 0 Å². The molecule has 0 bridgehead atoms. The fraction of sp³-hybridized carbons (Fsp3) is 0.318. The van der Waals surface area contributed by atoms with Crippen LogP contribution in [0.5, 0.6) is 11.5 Å². The number of amides is 2. The van der Waals surface area contributed by atoms with E-state index in [-0.39, 0.29) is 6.03 Å². The van der Waals surface area contributed by atoms with Crippen LogP contribution >= 0.6 is 11.3 Å². The summed E-state index contributed by atoms with van der Waals surface area (Å²) in [7, 11) is 0. The van der Waals surface area contributed by atoms with Crippen molar-refractivity contribution in [1.82, 2.24) is 9.88 Å². The zero-order valence-corrected chi connectivity index (χ0v) is 16.9. The van der Waals surface area contributed by atoms with Crippen LogP contribution in [0.2, 0.25) is 0 Å². The highest BCUT2D eigenvalue weighted by molar-refractivity contribution is 7.14. The van der Waals surface area contributed by atoms with Crippen LogP contribution in [-0.4, -0.2) is 23.8 Å². The highest BCUT2D eigenvalue weighted by atomic mass is 32.1. The van der Waals surface area contributed by atoms with Gasteiger partial charge in [0.15, 0.2) is 11.5 Å². The summed E-state index contributed by atoms with van der Waals surface area (Å²) in [4.78, 5) is 14.0. The fourth-order valence-corrected chi connectivity index (χ4v) is 5.32. The van der Waals surface area contributed by atoms with Crippen LogP contribution in [-0.2, 0) is 19.4 Å². The maximum atomic E-state index is 12.5. The number of aryl methyl sites for hydroxylation is 1. The van der Waals surface area contributed by atoms with Gasteiger partial charge in [-0.3, -0.25) is 0 Å². The third-order valence-corrected chi connectivity index (χ3v) is 6.67. The second kappa shape index (κ2) is 7.83. The van der Waals surface area contributed by atoms with Gasteiger partial charge in [0.05, 0.1) is 0 Å². The first kappa shape index (κ1) is 18.1. The number of fused-ring (bicyclic) bond motifs is 2. The van der Waals surface area contributed by atoms with Crippen molar-refractivity contribution < 1.29 is 14.3 Å². The van der Waals surface area contributed by atoms with Gasteiger partial charge in [-0.1, -0.05) is 0 Å². The van der Waals surface area contributed by atoms with Crippen molar-refractivity contribution in [3.05, 3.63) is 58.7 Å². The molecule has 2 aliphatic rings. The van der Waals surface area contributed by atoms with Crippen LogP contribution in [0.15, 0.2) is 42.7 Å². The molecule has 2 aromatic heterocycles. The highest BCUT2D eigenvalue weighted by Gasteiger charge is 2.22. The molecule has 29 heavy (non-hydrogen) atoms. The van der Waals surface area contributed by atoms with Crippen molar-refractivity contribution in [3.63, 3.8) is 0 Å². The molecule has 1 aromatic carbocycles. The Morgan fingerprint density at radius 3 is 2.72 bits per heavy atom. The van der Waals surface area contributed by atoms with Gasteiger partial charge in [-0.05, 0) is 55.5 Å². The first-order valence-electron chi connectivity index (χ1n) is 9.99. The Kier molecular flexibility index (Phi) is 4.89. The maximum absolute atomic E-state index is 12.5. The van der Waals surface area contributed by atoms with E-state index in [4.69, 9.17) is 9.47 Å². The Hall–Kier alpha value is -2.93. The summed E-state index contributed by atoms with van der Waals surface area (Å²) in [6, 6.07) is 9.28. The normalized spacial score (nSPS) is 14.9. The molecular weight excluding hydrogens is 386 g/mol. The lowest BCUT2D eigenvalue weighted by atomic mass is 9.95. The van der Waals surface area contributed by atoms with E-state index in [0.717, 1.165) is 12.8 Å². The summed E-state index contributed by atoms with van der Waals surface area (Å²) in [6.07, 6.45) is 8.82. The van der Waals surface area contributed by atoms with Gasteiger partial charge in [0.25, 0.3) is 0 Å². The molecule has 2 N–H and O–H groups in total. The first-order chi connectivity index (χ1) is 14.3. The topological polar surface area (TPSA) is 64.5 Å². The third-order valence-electron chi connectivity index (χ3n) is 5.32. The molecule has 0 unspecified atom stereocenters. The van der Waals surface area contributed by atoms with Gasteiger partial charge in [-0.25, -0.2) is 4.79 Å². The Labute approximate surface area is 173 Å². The largest absolute Gasteiger partial charge is 0.486 e. The predicted molar refractivity (Wildman–Crippen MR) is 114 cm³/mol. The van der Waals surface area contributed by atoms with Gasteiger partial charge >= 0.3 is 6.03 Å². The SMILES string of the molecule is O=C(NCc1c(-n2cccc2)sc2c1CCCC2)Nc1ccc2c(c1)OCCO2. The van der Waals surface area contributed by atoms with Crippen LogP contribution in [0.4, 0.5) is 10.5 Å². The van der Waals surface area contributed by atoms with Crippen LogP contribution < -0.4 is 20.1 Å². The number of hydrogen-bond donors (Lipinski definition) is 2. The third kappa shape index (κ3) is 3.70. The zero-order chi connectivity index (χ0) is 19.6. The summed E-state index contributed by atoms with van der Waals surface area (Å²) in [6.45, 7) is 1.58. The van der Waals surface area contributed by atoms with Crippen molar-refractivity contribution >= 4 is 23.1 Å². The number of nitrogens with zero attached hydrogens (tertiary/aromatic N) is 1. The Balaban J connectivity index is 1.31. The van der Waals surface area contributed by atoms with E-state index in [0.29, 0.717) is 36.9 Å². The molecule has 1 aliphatic carbocycles. The van der Waals surface area contributed by atoms with Gasteiger partial charge in [0.1, 0.15) is 18.2 Å². The van der Waals surface area contributed by atoms with Crippen LogP contribution in [0.25, 0.3) is 5.00 Å². The summed E-state index contributed by atoms with van der Waals surface area (Å²) >= 11 is 1.85. The van der Waals surface area contributed by atoms with Crippen molar-refractivity contribution in [2.24, 2.45) is 0 Å². The lowest BCUT2D eigenvalue weighted by Gasteiger charge is -2.19. The van der Waals surface area contributed by atoms with Gasteiger partial charge < -0.3 is 24.7 Å². The molecule has 1 aliphatic heterocycles. The molecule has 0 radical (unpaired) electrons. The Morgan fingerprint density at radius 2 is 1.86 bits per heavy atom. The standard InChI is InChI=1S/C22H23N3O3S/c26-22(24-15-7-8-18-19(13-15)28-12-11-27-18)23-14-17-16-5-1-2-6-20(16)29-21(17)25-9-3-4-10-25/h3-4,7-10,13H,1-2,5-6,11-12,14H2,(H2,23,24,26). The van der Waals surface area contributed by atoms with E-state index in [9.17, 15) is 4.79 Å². The Bertz CT molecular complexity index is 1030. The molecule has 5 rings (SSSR count). The number of carbonyl (C=O) groups is 1. The summed E-state index contributed by atoms with van der Waals surface area (Å²) < 4.78 is 13.3. The average Bonchev–Trinajstić information content (AvgIpc) is 3.40. The zero-order valence-electron chi connectivity index (χ0n) is 16.1. The number of benzene rings is 1. The van der Waals surface area contributed by atoms with E-state index < -0.39 is 0 Å². The molecule has 3 heterocycles. The van der Waals surface area contributed by atoms with Gasteiger partial charge in [0, 0.05) is 41.1 Å². The number of nitrogens with one attached hydrogen (secondary N) is 2. The number of anilines is 1. The fourth-order valence-electron chi connectivity index (χ4n) is 3.94. The molecule has 0 spiro atoms. The smallest absolute Gasteiger partial charge is 0.319 e. The number of aromatic nitrogens is 1. The van der Waals surface area contributed by atoms with E-state index in [1.807, 2.05) is 35.6 Å². The van der Waals surface area contributed by atoms with E-state index in [1.54, 1.807) is 6.07 Å². The van der Waals surface area contributed by atoms with Crippen LogP contribution in [0.1, 0.15) is 28.8 Å². The Morgan fingerprint density at radius 1 is 1.07 bits per heavy atom. The second-order valence-corrected chi connectivity index (χ2v) is 8.33. The molecule has 7 heteroatoms. The molecule has 150 valence electrons. The average molecular weight is 410 g/mol. The number of carbonyl (C=O) groups excluding carboxylic acids is 1. The number of thiophene rings is 1. The van der Waals surface area contributed by atoms with E-state index in [1.165, 1.54) is 33.8 Å². The first-order valence-corrected chi connectivity index (χ1v) is 10.8. The lowest BCUT2D eigenvalue weighted by Crippen LogP contribution is -2.29. The van der Waals surface area contributed by atoms with Crippen molar-refractivity contribution in [2.75, 3.05) is 18.5 Å². The molecule has 6 nitrogen and oxygen atoms in total. The van der Waals surface area contributed by atoms with Crippen LogP contribution in [0, 0.1) is 0 Å². The number of ether oxygens (including phenoxy) is 2. The molecule has 3 aromatic rings. The van der Waals surface area contributed by atoms with Crippen LogP contribution in [0.3, 0.4) is 0 Å². The molecular formula is C22H23N3O3S. The summed E-state index contributed by atoms with van der Waals surface area (Å²) in [5.41, 5.74) is 3.34. The van der Waals surface area contributed by atoms with Gasteiger partial charge in [-0.2, -0.15) is 0 Å². The molecule has 0 fully saturated rings. The number of rotatable bonds is 4.